The second-order valence-corrected chi connectivity index (χ2v) is 5.12. The van der Waals surface area contributed by atoms with E-state index in [1.807, 2.05) is 4.90 Å². The first kappa shape index (κ1) is 20.4. The maximum Gasteiger partial charge on any atom is 1.00 e. The molecule has 0 aromatic rings. The molecule has 1 N–H and O–H groups in total. The van der Waals surface area contributed by atoms with Gasteiger partial charge in [0.15, 0.2) is 0 Å². The molecule has 0 unspecified atom stereocenters. The van der Waals surface area contributed by atoms with Gasteiger partial charge in [0.25, 0.3) is 0 Å². The Labute approximate surface area is 147 Å². The molecule has 1 aliphatic rings. The van der Waals surface area contributed by atoms with Crippen molar-refractivity contribution < 1.29 is 49.0 Å². The predicted molar refractivity (Wildman–Crippen MR) is 71.5 cm³/mol. The summed E-state index contributed by atoms with van der Waals surface area (Å²) < 4.78 is 0. The fraction of sp³-hybridized carbons (Fsp3) is 0.786. The Bertz CT molecular complexity index is 344. The van der Waals surface area contributed by atoms with Crippen LogP contribution in [0.25, 0.3) is 0 Å². The number of likely N-dealkylation sites (tertiary alicyclic amines) is 1. The molecule has 2 amide bonds. The molecule has 114 valence electrons. The van der Waals surface area contributed by atoms with Crippen molar-refractivity contribution in [1.29, 1.82) is 0 Å². The molecule has 0 bridgehead atoms. The summed E-state index contributed by atoms with van der Waals surface area (Å²) in [6, 6.07) is 0. The number of rotatable bonds is 9. The van der Waals surface area contributed by atoms with Gasteiger partial charge in [0.05, 0.1) is 0 Å². The number of nitrogens with zero attached hydrogens (tertiary/aromatic N) is 1. The van der Waals surface area contributed by atoms with Crippen molar-refractivity contribution in [2.24, 2.45) is 0 Å². The van der Waals surface area contributed by atoms with Gasteiger partial charge in [-0.1, -0.05) is 6.42 Å². The van der Waals surface area contributed by atoms with Crippen molar-refractivity contribution in [1.82, 2.24) is 10.2 Å². The SMILES string of the molecule is O=C([O-])CCCCCC(=O)NCCC(=O)N1CCCC1.[Na+]. The van der Waals surface area contributed by atoms with Crippen molar-refractivity contribution in [3.05, 3.63) is 0 Å². The van der Waals surface area contributed by atoms with E-state index < -0.39 is 5.97 Å². The van der Waals surface area contributed by atoms with Gasteiger partial charge >= 0.3 is 29.6 Å². The Morgan fingerprint density at radius 1 is 0.952 bits per heavy atom. The first-order chi connectivity index (χ1) is 9.59. The average molecular weight is 306 g/mol. The van der Waals surface area contributed by atoms with Crippen LogP contribution in [0.4, 0.5) is 0 Å². The van der Waals surface area contributed by atoms with Gasteiger partial charge in [0.2, 0.25) is 11.8 Å². The van der Waals surface area contributed by atoms with Crippen molar-refractivity contribution in [2.45, 2.75) is 51.4 Å². The molecule has 21 heavy (non-hydrogen) atoms. The van der Waals surface area contributed by atoms with Gasteiger partial charge in [-0.2, -0.15) is 0 Å². The van der Waals surface area contributed by atoms with Crippen LogP contribution in [0, 0.1) is 0 Å². The molecule has 1 saturated heterocycles. The van der Waals surface area contributed by atoms with Gasteiger partial charge < -0.3 is 20.1 Å². The molecule has 1 heterocycles. The van der Waals surface area contributed by atoms with Crippen LogP contribution in [0.1, 0.15) is 51.4 Å². The zero-order valence-corrected chi connectivity index (χ0v) is 14.9. The number of unbranched alkanes of at least 4 members (excludes halogenated alkanes) is 2. The van der Waals surface area contributed by atoms with Crippen LogP contribution in [0.5, 0.6) is 0 Å². The quantitative estimate of drug-likeness (QED) is 0.359. The summed E-state index contributed by atoms with van der Waals surface area (Å²) in [5.41, 5.74) is 0. The van der Waals surface area contributed by atoms with E-state index in [1.54, 1.807) is 0 Å². The summed E-state index contributed by atoms with van der Waals surface area (Å²) in [4.78, 5) is 35.2. The molecule has 0 aliphatic carbocycles. The molecule has 0 aromatic carbocycles. The third-order valence-corrected chi connectivity index (χ3v) is 3.40. The van der Waals surface area contributed by atoms with Crippen LogP contribution < -0.4 is 40.0 Å². The number of carbonyl (C=O) groups excluding carboxylic acids is 3. The summed E-state index contributed by atoms with van der Waals surface area (Å²) in [5.74, 6) is -1.01. The van der Waals surface area contributed by atoms with E-state index in [-0.39, 0.29) is 47.8 Å². The Morgan fingerprint density at radius 2 is 1.57 bits per heavy atom. The predicted octanol–water partition coefficient (Wildman–Crippen LogP) is -3.18. The zero-order chi connectivity index (χ0) is 14.8. The van der Waals surface area contributed by atoms with Gasteiger partial charge in [0.1, 0.15) is 0 Å². The summed E-state index contributed by atoms with van der Waals surface area (Å²) in [5, 5.41) is 12.9. The van der Waals surface area contributed by atoms with Crippen molar-refractivity contribution >= 4 is 17.8 Å². The molecule has 0 saturated carbocycles. The minimum atomic E-state index is -1.05. The molecule has 1 aliphatic heterocycles. The zero-order valence-electron chi connectivity index (χ0n) is 12.9. The Balaban J connectivity index is 0.00000400. The van der Waals surface area contributed by atoms with Crippen molar-refractivity contribution in [2.75, 3.05) is 19.6 Å². The number of amides is 2. The fourth-order valence-corrected chi connectivity index (χ4v) is 2.25. The number of aliphatic carboxylic acids is 1. The van der Waals surface area contributed by atoms with Crippen LogP contribution >= 0.6 is 0 Å². The molecule has 0 radical (unpaired) electrons. The molecule has 0 atom stereocenters. The summed E-state index contributed by atoms with van der Waals surface area (Å²) in [6.07, 6.45) is 4.84. The second kappa shape index (κ2) is 12.0. The van der Waals surface area contributed by atoms with E-state index in [0.29, 0.717) is 38.6 Å². The first-order valence-corrected chi connectivity index (χ1v) is 7.34. The molecular formula is C14H23N2NaO4. The van der Waals surface area contributed by atoms with Gasteiger partial charge in [-0.25, -0.2) is 0 Å². The van der Waals surface area contributed by atoms with Gasteiger partial charge in [-0.3, -0.25) is 9.59 Å². The second-order valence-electron chi connectivity index (χ2n) is 5.12. The van der Waals surface area contributed by atoms with Crippen LogP contribution in [0.15, 0.2) is 0 Å². The standard InChI is InChI=1S/C14H24N2O4.Na/c17-12(6-2-1-3-7-14(19)20)15-9-8-13(18)16-10-4-5-11-16;/h1-11H2,(H,15,17)(H,19,20);/q;+1/p-1. The van der Waals surface area contributed by atoms with E-state index in [9.17, 15) is 19.5 Å². The van der Waals surface area contributed by atoms with E-state index in [2.05, 4.69) is 5.32 Å². The van der Waals surface area contributed by atoms with Gasteiger partial charge in [-0.15, -0.1) is 0 Å². The Kier molecular flexibility index (Phi) is 11.7. The largest absolute Gasteiger partial charge is 1.00 e. The van der Waals surface area contributed by atoms with Crippen LogP contribution in [0.3, 0.4) is 0 Å². The van der Waals surface area contributed by atoms with E-state index >= 15 is 0 Å². The third kappa shape index (κ3) is 9.87. The molecule has 7 heteroatoms. The molecular weight excluding hydrogens is 283 g/mol. The topological polar surface area (TPSA) is 89.5 Å². The molecule has 0 spiro atoms. The van der Waals surface area contributed by atoms with Crippen LogP contribution in [-0.4, -0.2) is 42.3 Å². The fourth-order valence-electron chi connectivity index (χ4n) is 2.25. The van der Waals surface area contributed by atoms with Gasteiger partial charge in [-0.05, 0) is 32.1 Å². The number of hydrogen-bond donors (Lipinski definition) is 1. The average Bonchev–Trinajstić information content (AvgIpc) is 2.91. The normalized spacial score (nSPS) is 13.6. The van der Waals surface area contributed by atoms with E-state index in [0.717, 1.165) is 25.9 Å². The smallest absolute Gasteiger partial charge is 0.550 e. The number of carbonyl (C=O) groups is 3. The number of nitrogens with one attached hydrogen (secondary N) is 1. The summed E-state index contributed by atoms with van der Waals surface area (Å²) >= 11 is 0. The Morgan fingerprint density at radius 3 is 2.19 bits per heavy atom. The monoisotopic (exact) mass is 306 g/mol. The molecule has 6 nitrogen and oxygen atoms in total. The first-order valence-electron chi connectivity index (χ1n) is 7.34. The summed E-state index contributed by atoms with van der Waals surface area (Å²) in [7, 11) is 0. The number of carboxylic acid groups (broad SMARTS) is 1. The van der Waals surface area contributed by atoms with Crippen LogP contribution in [-0.2, 0) is 14.4 Å². The van der Waals surface area contributed by atoms with E-state index in [1.165, 1.54) is 0 Å². The third-order valence-electron chi connectivity index (χ3n) is 3.40. The minimum absolute atomic E-state index is 0. The van der Waals surface area contributed by atoms with Gasteiger partial charge in [0, 0.05) is 38.4 Å². The number of carboxylic acids is 1. The van der Waals surface area contributed by atoms with Crippen LogP contribution in [0.2, 0.25) is 0 Å². The molecule has 0 aromatic heterocycles. The van der Waals surface area contributed by atoms with Crippen molar-refractivity contribution in [3.8, 4) is 0 Å². The van der Waals surface area contributed by atoms with E-state index in [4.69, 9.17) is 0 Å². The Hall–Kier alpha value is -0.590. The molecule has 1 fully saturated rings. The molecule has 1 rings (SSSR count). The maximum absolute atomic E-state index is 11.7. The summed E-state index contributed by atoms with van der Waals surface area (Å²) in [6.45, 7) is 2.06. The number of hydrogen-bond acceptors (Lipinski definition) is 4. The van der Waals surface area contributed by atoms with Crippen molar-refractivity contribution in [3.63, 3.8) is 0 Å². The minimum Gasteiger partial charge on any atom is -0.550 e. The maximum atomic E-state index is 11.7.